The van der Waals surface area contributed by atoms with Crippen molar-refractivity contribution in [3.8, 4) is 17.2 Å². The highest BCUT2D eigenvalue weighted by Crippen LogP contribution is 2.33. The summed E-state index contributed by atoms with van der Waals surface area (Å²) in [6.07, 6.45) is 0. The van der Waals surface area contributed by atoms with Gasteiger partial charge in [0.15, 0.2) is 11.5 Å². The highest BCUT2D eigenvalue weighted by Gasteiger charge is 2.19. The number of carbonyl (C=O) groups is 3. The number of rotatable bonds is 6. The molecule has 24 heavy (non-hydrogen) atoms. The molecule has 0 aliphatic carbocycles. The first-order chi connectivity index (χ1) is 11.1. The van der Waals surface area contributed by atoms with Gasteiger partial charge in [0.2, 0.25) is 0 Å². The van der Waals surface area contributed by atoms with Gasteiger partial charge >= 0.3 is 17.9 Å². The van der Waals surface area contributed by atoms with Gasteiger partial charge in [-0.15, -0.1) is 0 Å². The van der Waals surface area contributed by atoms with Gasteiger partial charge in [-0.3, -0.25) is 14.4 Å². The van der Waals surface area contributed by atoms with Crippen molar-refractivity contribution < 1.29 is 28.6 Å². The van der Waals surface area contributed by atoms with E-state index in [-0.39, 0.29) is 35.0 Å². The molecule has 6 nitrogen and oxygen atoms in total. The van der Waals surface area contributed by atoms with Crippen molar-refractivity contribution in [3.05, 3.63) is 18.2 Å². The van der Waals surface area contributed by atoms with E-state index in [4.69, 9.17) is 14.2 Å². The summed E-state index contributed by atoms with van der Waals surface area (Å²) in [5.74, 6) is -1.99. The summed E-state index contributed by atoms with van der Waals surface area (Å²) in [7, 11) is 0. The fourth-order valence-corrected chi connectivity index (χ4v) is 1.40. The van der Waals surface area contributed by atoms with E-state index < -0.39 is 17.9 Å². The molecular weight excluding hydrogens is 312 g/mol. The molecule has 0 spiro atoms. The lowest BCUT2D eigenvalue weighted by molar-refractivity contribution is -0.140. The van der Waals surface area contributed by atoms with Crippen LogP contribution in [-0.2, 0) is 14.4 Å². The zero-order valence-electron chi connectivity index (χ0n) is 14.9. The van der Waals surface area contributed by atoms with Crippen molar-refractivity contribution in [2.75, 3.05) is 0 Å². The SMILES string of the molecule is CC(C)C(=O)Oc1ccc(OC(=O)C(C)C)c(OC(=O)C(C)C)c1. The topological polar surface area (TPSA) is 78.9 Å². The molecule has 1 aromatic rings. The van der Waals surface area contributed by atoms with Crippen LogP contribution >= 0.6 is 0 Å². The monoisotopic (exact) mass is 336 g/mol. The Morgan fingerprint density at radius 1 is 0.667 bits per heavy atom. The van der Waals surface area contributed by atoms with Gasteiger partial charge in [-0.25, -0.2) is 0 Å². The zero-order valence-corrected chi connectivity index (χ0v) is 14.9. The maximum Gasteiger partial charge on any atom is 0.313 e. The summed E-state index contributed by atoms with van der Waals surface area (Å²) >= 11 is 0. The molecule has 1 aromatic carbocycles. The molecule has 132 valence electrons. The average molecular weight is 336 g/mol. The Morgan fingerprint density at radius 3 is 1.54 bits per heavy atom. The van der Waals surface area contributed by atoms with E-state index in [1.807, 2.05) is 0 Å². The Balaban J connectivity index is 3.11. The van der Waals surface area contributed by atoms with Crippen LogP contribution in [0.2, 0.25) is 0 Å². The molecule has 0 aliphatic rings. The second-order valence-electron chi connectivity index (χ2n) is 6.34. The summed E-state index contributed by atoms with van der Waals surface area (Å²) < 4.78 is 15.7. The minimum atomic E-state index is -0.482. The van der Waals surface area contributed by atoms with Crippen molar-refractivity contribution >= 4 is 17.9 Å². The Morgan fingerprint density at radius 2 is 1.08 bits per heavy atom. The number of carbonyl (C=O) groups excluding carboxylic acids is 3. The molecule has 6 heteroatoms. The third-order valence-corrected chi connectivity index (χ3v) is 2.97. The minimum Gasteiger partial charge on any atom is -0.426 e. The molecule has 0 radical (unpaired) electrons. The first-order valence-electron chi connectivity index (χ1n) is 7.91. The molecule has 0 saturated heterocycles. The fourth-order valence-electron chi connectivity index (χ4n) is 1.40. The molecule has 0 fully saturated rings. The lowest BCUT2D eigenvalue weighted by Crippen LogP contribution is -2.19. The lowest BCUT2D eigenvalue weighted by atomic mass is 10.2. The number of esters is 3. The summed E-state index contributed by atoms with van der Waals surface area (Å²) in [4.78, 5) is 35.3. The smallest absolute Gasteiger partial charge is 0.313 e. The van der Waals surface area contributed by atoms with Crippen LogP contribution in [0.25, 0.3) is 0 Å². The maximum atomic E-state index is 11.9. The van der Waals surface area contributed by atoms with E-state index in [1.165, 1.54) is 18.2 Å². The maximum absolute atomic E-state index is 11.9. The van der Waals surface area contributed by atoms with Gasteiger partial charge in [0, 0.05) is 6.07 Å². The number of benzene rings is 1. The van der Waals surface area contributed by atoms with Crippen LogP contribution in [0.4, 0.5) is 0 Å². The van der Waals surface area contributed by atoms with Crippen LogP contribution < -0.4 is 14.2 Å². The van der Waals surface area contributed by atoms with E-state index in [2.05, 4.69) is 0 Å². The van der Waals surface area contributed by atoms with Gasteiger partial charge in [-0.2, -0.15) is 0 Å². The molecule has 0 bridgehead atoms. The van der Waals surface area contributed by atoms with Gasteiger partial charge < -0.3 is 14.2 Å². The fraction of sp³-hybridized carbons (Fsp3) is 0.500. The van der Waals surface area contributed by atoms with Crippen molar-refractivity contribution in [1.82, 2.24) is 0 Å². The van der Waals surface area contributed by atoms with Crippen molar-refractivity contribution in [2.24, 2.45) is 17.8 Å². The Kier molecular flexibility index (Phi) is 6.95. The van der Waals surface area contributed by atoms with Crippen LogP contribution in [0, 0.1) is 17.8 Å². The highest BCUT2D eigenvalue weighted by molar-refractivity contribution is 5.79. The molecule has 0 N–H and O–H groups in total. The second kappa shape index (κ2) is 8.47. The summed E-state index contributed by atoms with van der Waals surface area (Å²) in [6, 6.07) is 4.28. The standard InChI is InChI=1S/C18H24O6/c1-10(2)16(19)22-13-7-8-14(23-17(20)11(3)4)15(9-13)24-18(21)12(5)6/h7-12H,1-6H3. The van der Waals surface area contributed by atoms with Crippen molar-refractivity contribution in [1.29, 1.82) is 0 Å². The van der Waals surface area contributed by atoms with Gasteiger partial charge in [0.1, 0.15) is 5.75 Å². The largest absolute Gasteiger partial charge is 0.426 e. The zero-order chi connectivity index (χ0) is 18.4. The van der Waals surface area contributed by atoms with Gasteiger partial charge in [0.25, 0.3) is 0 Å². The van der Waals surface area contributed by atoms with E-state index >= 15 is 0 Å². The number of hydrogen-bond acceptors (Lipinski definition) is 6. The first kappa shape index (κ1) is 19.7. The highest BCUT2D eigenvalue weighted by atomic mass is 16.6. The summed E-state index contributed by atoms with van der Waals surface area (Å²) in [5.41, 5.74) is 0. The molecule has 0 atom stereocenters. The number of ether oxygens (including phenoxy) is 3. The van der Waals surface area contributed by atoms with Crippen molar-refractivity contribution in [2.45, 2.75) is 41.5 Å². The van der Waals surface area contributed by atoms with Crippen LogP contribution in [0.15, 0.2) is 18.2 Å². The normalized spacial score (nSPS) is 10.9. The molecule has 1 rings (SSSR count). The third kappa shape index (κ3) is 5.68. The molecule has 0 aliphatic heterocycles. The summed E-state index contributed by atoms with van der Waals surface area (Å²) in [5, 5.41) is 0. The third-order valence-electron chi connectivity index (χ3n) is 2.97. The van der Waals surface area contributed by atoms with Crippen LogP contribution in [0.5, 0.6) is 17.2 Å². The lowest BCUT2D eigenvalue weighted by Gasteiger charge is -2.14. The number of hydrogen-bond donors (Lipinski definition) is 0. The average Bonchev–Trinajstić information content (AvgIpc) is 2.49. The predicted octanol–water partition coefficient (Wildman–Crippen LogP) is 3.37. The summed E-state index contributed by atoms with van der Waals surface area (Å²) in [6.45, 7) is 10.2. The van der Waals surface area contributed by atoms with Crippen LogP contribution in [0.3, 0.4) is 0 Å². The van der Waals surface area contributed by atoms with Crippen molar-refractivity contribution in [3.63, 3.8) is 0 Å². The quantitative estimate of drug-likeness (QED) is 0.585. The van der Waals surface area contributed by atoms with E-state index in [1.54, 1.807) is 41.5 Å². The second-order valence-corrected chi connectivity index (χ2v) is 6.34. The van der Waals surface area contributed by atoms with Gasteiger partial charge in [-0.05, 0) is 12.1 Å². The molecular formula is C18H24O6. The predicted molar refractivity (Wildman–Crippen MR) is 87.9 cm³/mol. The Bertz CT molecular complexity index is 616. The van der Waals surface area contributed by atoms with E-state index in [9.17, 15) is 14.4 Å². The molecule has 0 amide bonds. The van der Waals surface area contributed by atoms with E-state index in [0.717, 1.165) is 0 Å². The Labute approximate surface area is 142 Å². The van der Waals surface area contributed by atoms with Gasteiger partial charge in [-0.1, -0.05) is 41.5 Å². The first-order valence-corrected chi connectivity index (χ1v) is 7.91. The Hall–Kier alpha value is -2.37. The van der Waals surface area contributed by atoms with Gasteiger partial charge in [0.05, 0.1) is 17.8 Å². The molecule has 0 heterocycles. The molecule has 0 saturated carbocycles. The van der Waals surface area contributed by atoms with Crippen LogP contribution in [0.1, 0.15) is 41.5 Å². The molecule has 0 unspecified atom stereocenters. The van der Waals surface area contributed by atoms with E-state index in [0.29, 0.717) is 0 Å². The van der Waals surface area contributed by atoms with Crippen LogP contribution in [-0.4, -0.2) is 17.9 Å². The molecule has 0 aromatic heterocycles. The minimum absolute atomic E-state index is 0.0387.